The summed E-state index contributed by atoms with van der Waals surface area (Å²) in [6.45, 7) is 3.89. The second kappa shape index (κ2) is 6.10. The molecule has 0 saturated carbocycles. The Morgan fingerprint density at radius 3 is 2.74 bits per heavy atom. The van der Waals surface area contributed by atoms with Gasteiger partial charge in [0.25, 0.3) is 0 Å². The molecule has 2 rings (SSSR count). The van der Waals surface area contributed by atoms with Gasteiger partial charge in [-0.25, -0.2) is 14.4 Å². The SMILES string of the molecule is CCc1nc(Br)cc(NC(C)c2ccccc2F)n1. The highest BCUT2D eigenvalue weighted by atomic mass is 79.9. The van der Waals surface area contributed by atoms with Crippen LogP contribution < -0.4 is 5.32 Å². The van der Waals surface area contributed by atoms with E-state index in [1.807, 2.05) is 19.9 Å². The average Bonchev–Trinajstić information content (AvgIpc) is 2.38. The van der Waals surface area contributed by atoms with Crippen LogP contribution in [-0.4, -0.2) is 9.97 Å². The quantitative estimate of drug-likeness (QED) is 0.860. The molecule has 0 radical (unpaired) electrons. The molecular weight excluding hydrogens is 309 g/mol. The molecule has 1 aromatic heterocycles. The molecule has 0 fully saturated rings. The van der Waals surface area contributed by atoms with E-state index >= 15 is 0 Å². The maximum absolute atomic E-state index is 13.7. The molecule has 0 amide bonds. The highest BCUT2D eigenvalue weighted by Crippen LogP contribution is 2.22. The number of aromatic nitrogens is 2. The van der Waals surface area contributed by atoms with Crippen molar-refractivity contribution in [2.45, 2.75) is 26.3 Å². The maximum atomic E-state index is 13.7. The molecule has 0 aliphatic heterocycles. The average molecular weight is 324 g/mol. The highest BCUT2D eigenvalue weighted by molar-refractivity contribution is 9.10. The van der Waals surface area contributed by atoms with Crippen LogP contribution in [0, 0.1) is 5.82 Å². The number of anilines is 1. The number of hydrogen-bond acceptors (Lipinski definition) is 3. The lowest BCUT2D eigenvalue weighted by atomic mass is 10.1. The van der Waals surface area contributed by atoms with Crippen LogP contribution >= 0.6 is 15.9 Å². The number of rotatable bonds is 4. The molecule has 1 atom stereocenters. The van der Waals surface area contributed by atoms with Gasteiger partial charge in [0.15, 0.2) is 0 Å². The molecule has 0 saturated heterocycles. The topological polar surface area (TPSA) is 37.8 Å². The predicted octanol–water partition coefficient (Wildman–Crippen LogP) is 4.11. The van der Waals surface area contributed by atoms with Crippen LogP contribution in [0.15, 0.2) is 34.9 Å². The largest absolute Gasteiger partial charge is 0.363 e. The summed E-state index contributed by atoms with van der Waals surface area (Å²) < 4.78 is 14.4. The summed E-state index contributed by atoms with van der Waals surface area (Å²) in [4.78, 5) is 8.61. The van der Waals surface area contributed by atoms with Crippen LogP contribution in [0.1, 0.15) is 31.3 Å². The number of nitrogens with zero attached hydrogens (tertiary/aromatic N) is 2. The second-order valence-corrected chi connectivity index (χ2v) is 5.05. The molecule has 0 aliphatic rings. The minimum atomic E-state index is -0.216. The molecule has 0 aliphatic carbocycles. The van der Waals surface area contributed by atoms with Crippen LogP contribution in [0.25, 0.3) is 0 Å². The monoisotopic (exact) mass is 323 g/mol. The number of benzene rings is 1. The van der Waals surface area contributed by atoms with Crippen molar-refractivity contribution in [1.82, 2.24) is 9.97 Å². The van der Waals surface area contributed by atoms with Gasteiger partial charge >= 0.3 is 0 Å². The van der Waals surface area contributed by atoms with E-state index in [9.17, 15) is 4.39 Å². The lowest BCUT2D eigenvalue weighted by Crippen LogP contribution is -2.11. The van der Waals surface area contributed by atoms with E-state index in [-0.39, 0.29) is 11.9 Å². The van der Waals surface area contributed by atoms with Gasteiger partial charge in [0, 0.05) is 18.1 Å². The fourth-order valence-corrected chi connectivity index (χ4v) is 2.24. The van der Waals surface area contributed by atoms with Gasteiger partial charge in [0.1, 0.15) is 22.1 Å². The molecule has 2 aromatic rings. The molecule has 100 valence electrons. The number of halogens is 2. The van der Waals surface area contributed by atoms with E-state index in [4.69, 9.17) is 0 Å². The third-order valence-electron chi connectivity index (χ3n) is 2.79. The lowest BCUT2D eigenvalue weighted by molar-refractivity contribution is 0.600. The minimum absolute atomic E-state index is 0.160. The molecule has 3 nitrogen and oxygen atoms in total. The van der Waals surface area contributed by atoms with Crippen LogP contribution in [0.4, 0.5) is 10.2 Å². The van der Waals surface area contributed by atoms with E-state index in [1.54, 1.807) is 18.2 Å². The second-order valence-electron chi connectivity index (χ2n) is 4.23. The fourth-order valence-electron chi connectivity index (χ4n) is 1.82. The fraction of sp³-hybridized carbons (Fsp3) is 0.286. The zero-order chi connectivity index (χ0) is 13.8. The van der Waals surface area contributed by atoms with Crippen LogP contribution in [-0.2, 0) is 6.42 Å². The first-order chi connectivity index (χ1) is 9.10. The number of aryl methyl sites for hydroxylation is 1. The van der Waals surface area contributed by atoms with Gasteiger partial charge in [-0.1, -0.05) is 25.1 Å². The van der Waals surface area contributed by atoms with Gasteiger partial charge in [-0.15, -0.1) is 0 Å². The molecule has 19 heavy (non-hydrogen) atoms. The summed E-state index contributed by atoms with van der Waals surface area (Å²) in [5.41, 5.74) is 0.621. The third kappa shape index (κ3) is 3.50. The Hall–Kier alpha value is -1.49. The first kappa shape index (κ1) is 13.9. The van der Waals surface area contributed by atoms with Crippen molar-refractivity contribution >= 4 is 21.7 Å². The first-order valence-corrected chi connectivity index (χ1v) is 6.94. The van der Waals surface area contributed by atoms with E-state index in [1.165, 1.54) is 6.07 Å². The van der Waals surface area contributed by atoms with Crippen LogP contribution in [0.2, 0.25) is 0 Å². The van der Waals surface area contributed by atoms with Gasteiger partial charge in [-0.3, -0.25) is 0 Å². The molecule has 1 aromatic carbocycles. The first-order valence-electron chi connectivity index (χ1n) is 6.14. The molecule has 0 bridgehead atoms. The summed E-state index contributed by atoms with van der Waals surface area (Å²) in [6.07, 6.45) is 0.752. The zero-order valence-corrected chi connectivity index (χ0v) is 12.4. The standard InChI is InChI=1S/C14H15BrFN3/c1-3-13-18-12(15)8-14(19-13)17-9(2)10-6-4-5-7-11(10)16/h4-9H,3H2,1-2H3,(H,17,18,19). The summed E-state index contributed by atoms with van der Waals surface area (Å²) in [6, 6.07) is 8.36. The van der Waals surface area contributed by atoms with Gasteiger partial charge in [-0.2, -0.15) is 0 Å². The normalized spacial score (nSPS) is 12.2. The Morgan fingerprint density at radius 2 is 2.05 bits per heavy atom. The smallest absolute Gasteiger partial charge is 0.131 e. The molecule has 1 unspecified atom stereocenters. The van der Waals surface area contributed by atoms with Gasteiger partial charge in [-0.05, 0) is 28.9 Å². The Morgan fingerprint density at radius 1 is 1.32 bits per heavy atom. The van der Waals surface area contributed by atoms with Crippen molar-refractivity contribution < 1.29 is 4.39 Å². The summed E-state index contributed by atoms with van der Waals surface area (Å²) in [5.74, 6) is 1.22. The molecular formula is C14H15BrFN3. The Balaban J connectivity index is 2.21. The van der Waals surface area contributed by atoms with Crippen LogP contribution in [0.3, 0.4) is 0 Å². The molecule has 0 spiro atoms. The van der Waals surface area contributed by atoms with Gasteiger partial charge in [0.2, 0.25) is 0 Å². The Kier molecular flexibility index (Phi) is 4.47. The van der Waals surface area contributed by atoms with E-state index < -0.39 is 0 Å². The van der Waals surface area contributed by atoms with Crippen LogP contribution in [0.5, 0.6) is 0 Å². The predicted molar refractivity (Wildman–Crippen MR) is 77.5 cm³/mol. The number of nitrogens with one attached hydrogen (secondary N) is 1. The molecule has 1 heterocycles. The van der Waals surface area contributed by atoms with E-state index in [0.29, 0.717) is 11.4 Å². The third-order valence-corrected chi connectivity index (χ3v) is 3.20. The van der Waals surface area contributed by atoms with E-state index in [2.05, 4.69) is 31.2 Å². The zero-order valence-electron chi connectivity index (χ0n) is 10.8. The van der Waals surface area contributed by atoms with Gasteiger partial charge < -0.3 is 5.32 Å². The Labute approximate surface area is 120 Å². The van der Waals surface area contributed by atoms with Crippen molar-refractivity contribution in [3.05, 3.63) is 52.1 Å². The van der Waals surface area contributed by atoms with Crippen molar-refractivity contribution in [3.63, 3.8) is 0 Å². The van der Waals surface area contributed by atoms with E-state index in [0.717, 1.165) is 16.8 Å². The summed E-state index contributed by atoms with van der Waals surface area (Å²) in [7, 11) is 0. The minimum Gasteiger partial charge on any atom is -0.363 e. The molecule has 5 heteroatoms. The Bertz CT molecular complexity index is 574. The maximum Gasteiger partial charge on any atom is 0.131 e. The summed E-state index contributed by atoms with van der Waals surface area (Å²) in [5, 5.41) is 3.19. The lowest BCUT2D eigenvalue weighted by Gasteiger charge is -2.16. The summed E-state index contributed by atoms with van der Waals surface area (Å²) >= 11 is 3.35. The highest BCUT2D eigenvalue weighted by Gasteiger charge is 2.11. The van der Waals surface area contributed by atoms with Gasteiger partial charge in [0.05, 0.1) is 6.04 Å². The van der Waals surface area contributed by atoms with Crippen molar-refractivity contribution in [3.8, 4) is 0 Å². The number of hydrogen-bond donors (Lipinski definition) is 1. The molecule has 1 N–H and O–H groups in total. The van der Waals surface area contributed by atoms with Crippen molar-refractivity contribution in [1.29, 1.82) is 0 Å². The van der Waals surface area contributed by atoms with Crippen molar-refractivity contribution in [2.75, 3.05) is 5.32 Å². The van der Waals surface area contributed by atoms with Crippen molar-refractivity contribution in [2.24, 2.45) is 0 Å².